The van der Waals surface area contributed by atoms with Crippen molar-refractivity contribution in [3.63, 3.8) is 0 Å². The second kappa shape index (κ2) is 15.3. The lowest BCUT2D eigenvalue weighted by Crippen LogP contribution is -2.25. The Labute approximate surface area is 222 Å². The fourth-order valence-electron chi connectivity index (χ4n) is 3.14. The van der Waals surface area contributed by atoms with Crippen LogP contribution < -0.4 is 31.0 Å². The van der Waals surface area contributed by atoms with E-state index in [9.17, 15) is 9.59 Å². The van der Waals surface area contributed by atoms with Gasteiger partial charge < -0.3 is 20.1 Å². The number of carbonyl (C=O) groups excluding carboxylic acids is 2. The molecule has 4 N–H and O–H groups in total. The summed E-state index contributed by atoms with van der Waals surface area (Å²) in [5.74, 6) is 1.02. The molecule has 2 amide bonds. The molecule has 0 saturated heterocycles. The van der Waals surface area contributed by atoms with E-state index < -0.39 is 0 Å². The van der Waals surface area contributed by atoms with E-state index in [0.717, 1.165) is 34.0 Å². The van der Waals surface area contributed by atoms with Crippen molar-refractivity contribution in [2.45, 2.75) is 13.8 Å². The van der Waals surface area contributed by atoms with Crippen LogP contribution in [0.4, 0.5) is 11.4 Å². The molecule has 0 aliphatic heterocycles. The van der Waals surface area contributed by atoms with E-state index in [1.807, 2.05) is 86.6 Å². The van der Waals surface area contributed by atoms with Gasteiger partial charge in [0, 0.05) is 11.4 Å². The molecule has 0 saturated carbocycles. The molecule has 0 heterocycles. The van der Waals surface area contributed by atoms with Crippen molar-refractivity contribution in [2.24, 2.45) is 10.2 Å². The van der Waals surface area contributed by atoms with E-state index in [0.29, 0.717) is 13.2 Å². The van der Waals surface area contributed by atoms with Crippen molar-refractivity contribution in [2.75, 3.05) is 36.9 Å². The molecule has 38 heavy (non-hydrogen) atoms. The zero-order valence-electron chi connectivity index (χ0n) is 21.4. The van der Waals surface area contributed by atoms with E-state index in [1.165, 1.54) is 0 Å². The van der Waals surface area contributed by atoms with Crippen molar-refractivity contribution in [1.82, 2.24) is 10.9 Å². The minimum atomic E-state index is -0.272. The number of hydrogen-bond acceptors (Lipinski definition) is 8. The summed E-state index contributed by atoms with van der Waals surface area (Å²) in [5.41, 5.74) is 8.18. The fraction of sp³-hybridized carbons (Fsp3) is 0.214. The molecule has 0 atom stereocenters. The van der Waals surface area contributed by atoms with Crippen molar-refractivity contribution in [1.29, 1.82) is 0 Å². The molecule has 0 spiro atoms. The van der Waals surface area contributed by atoms with Crippen molar-refractivity contribution in [3.8, 4) is 11.5 Å². The second-order valence-corrected chi connectivity index (χ2v) is 7.87. The van der Waals surface area contributed by atoms with E-state index in [-0.39, 0.29) is 24.9 Å². The van der Waals surface area contributed by atoms with Gasteiger partial charge in [0.15, 0.2) is 0 Å². The first-order chi connectivity index (χ1) is 18.6. The number of ether oxygens (including phenoxy) is 2. The predicted molar refractivity (Wildman–Crippen MR) is 150 cm³/mol. The van der Waals surface area contributed by atoms with Crippen molar-refractivity contribution in [3.05, 3.63) is 83.9 Å². The number of hydrazone groups is 2. The van der Waals surface area contributed by atoms with Gasteiger partial charge in [-0.05, 0) is 73.5 Å². The molecule has 0 fully saturated rings. The molecule has 3 aromatic rings. The van der Waals surface area contributed by atoms with Gasteiger partial charge in [-0.3, -0.25) is 9.59 Å². The lowest BCUT2D eigenvalue weighted by molar-refractivity contribution is -0.120. The summed E-state index contributed by atoms with van der Waals surface area (Å²) < 4.78 is 10.8. The van der Waals surface area contributed by atoms with E-state index >= 15 is 0 Å². The van der Waals surface area contributed by atoms with Gasteiger partial charge in [-0.25, -0.2) is 10.9 Å². The fourth-order valence-corrected chi connectivity index (χ4v) is 3.14. The predicted octanol–water partition coefficient (Wildman–Crippen LogP) is 3.61. The summed E-state index contributed by atoms with van der Waals surface area (Å²) >= 11 is 0. The standard InChI is InChI=1S/C28H32N6O4/c1-3-37-25-13-9-23(10-14-25)29-19-27(35)33-31-17-21-5-7-22(8-6-21)18-32-34-28(36)20-30-24-11-15-26(16-12-24)38-4-2/h5-18,29-30H,3-4,19-20H2,1-2H3,(H,33,35)(H,34,36). The van der Waals surface area contributed by atoms with Crippen molar-refractivity contribution >= 4 is 35.6 Å². The van der Waals surface area contributed by atoms with Crippen LogP contribution in [-0.2, 0) is 9.59 Å². The van der Waals surface area contributed by atoms with E-state index in [4.69, 9.17) is 9.47 Å². The molecule has 0 aliphatic carbocycles. The summed E-state index contributed by atoms with van der Waals surface area (Å²) in [4.78, 5) is 24.0. The number of nitrogens with zero attached hydrogens (tertiary/aromatic N) is 2. The average Bonchev–Trinajstić information content (AvgIpc) is 2.93. The van der Waals surface area contributed by atoms with E-state index in [1.54, 1.807) is 12.4 Å². The molecule has 3 aromatic carbocycles. The van der Waals surface area contributed by atoms with Gasteiger partial charge in [0.25, 0.3) is 11.8 Å². The maximum atomic E-state index is 12.0. The SMILES string of the molecule is CCOc1ccc(NCC(=O)NN=Cc2ccc(C=NNC(=O)CNc3ccc(OCC)cc3)cc2)cc1. The smallest absolute Gasteiger partial charge is 0.259 e. The molecular weight excluding hydrogens is 484 g/mol. The quantitative estimate of drug-likeness (QED) is 0.192. The van der Waals surface area contributed by atoms with Crippen LogP contribution >= 0.6 is 0 Å². The lowest BCUT2D eigenvalue weighted by Gasteiger charge is -2.07. The topological polar surface area (TPSA) is 125 Å². The van der Waals surface area contributed by atoms with Gasteiger partial charge in [-0.2, -0.15) is 10.2 Å². The normalized spacial score (nSPS) is 10.8. The third-order valence-corrected chi connectivity index (χ3v) is 4.98. The van der Waals surface area contributed by atoms with Crippen LogP contribution in [0, 0.1) is 0 Å². The first-order valence-electron chi connectivity index (χ1n) is 12.2. The van der Waals surface area contributed by atoms with Crippen LogP contribution in [0.2, 0.25) is 0 Å². The van der Waals surface area contributed by atoms with Crippen LogP contribution in [-0.4, -0.2) is 50.5 Å². The van der Waals surface area contributed by atoms with Gasteiger partial charge in [-0.15, -0.1) is 0 Å². The number of hydrogen-bond donors (Lipinski definition) is 4. The Balaban J connectivity index is 1.34. The largest absolute Gasteiger partial charge is 0.494 e. The molecule has 3 rings (SSSR count). The van der Waals surface area contributed by atoms with E-state index in [2.05, 4.69) is 31.7 Å². The van der Waals surface area contributed by atoms with Gasteiger partial charge in [0.2, 0.25) is 0 Å². The number of carbonyl (C=O) groups is 2. The molecule has 0 aromatic heterocycles. The Morgan fingerprint density at radius 2 is 1.00 bits per heavy atom. The maximum Gasteiger partial charge on any atom is 0.259 e. The zero-order chi connectivity index (χ0) is 27.0. The zero-order valence-corrected chi connectivity index (χ0v) is 21.4. The highest BCUT2D eigenvalue weighted by atomic mass is 16.5. The highest BCUT2D eigenvalue weighted by Gasteiger charge is 2.02. The first kappa shape index (κ1) is 27.7. The number of rotatable bonds is 14. The van der Waals surface area contributed by atoms with Gasteiger partial charge in [0.1, 0.15) is 11.5 Å². The number of anilines is 2. The lowest BCUT2D eigenvalue weighted by atomic mass is 10.2. The Bertz CT molecular complexity index is 1110. The third kappa shape index (κ3) is 10.0. The number of amides is 2. The van der Waals surface area contributed by atoms with Gasteiger partial charge >= 0.3 is 0 Å². The molecule has 10 heteroatoms. The van der Waals surface area contributed by atoms with Crippen LogP contribution in [0.3, 0.4) is 0 Å². The highest BCUT2D eigenvalue weighted by Crippen LogP contribution is 2.16. The highest BCUT2D eigenvalue weighted by molar-refractivity contribution is 5.87. The molecule has 0 radical (unpaired) electrons. The summed E-state index contributed by atoms with van der Waals surface area (Å²) in [5, 5.41) is 14.0. The van der Waals surface area contributed by atoms with Crippen LogP contribution in [0.1, 0.15) is 25.0 Å². The molecular formula is C28H32N6O4. The minimum absolute atomic E-state index is 0.0855. The maximum absolute atomic E-state index is 12.0. The minimum Gasteiger partial charge on any atom is -0.494 e. The first-order valence-corrected chi connectivity index (χ1v) is 12.2. The van der Waals surface area contributed by atoms with Gasteiger partial charge in [0.05, 0.1) is 38.7 Å². The Kier molecular flexibility index (Phi) is 11.2. The Hall–Kier alpha value is -4.86. The summed E-state index contributed by atoms with van der Waals surface area (Å²) in [6.07, 6.45) is 3.09. The molecule has 0 bridgehead atoms. The average molecular weight is 517 g/mol. The van der Waals surface area contributed by atoms with Crippen molar-refractivity contribution < 1.29 is 19.1 Å². The number of benzene rings is 3. The molecule has 0 aliphatic rings. The summed E-state index contributed by atoms with van der Waals surface area (Å²) in [6, 6.07) is 22.0. The third-order valence-electron chi connectivity index (χ3n) is 4.98. The molecule has 10 nitrogen and oxygen atoms in total. The van der Waals surface area contributed by atoms with Crippen LogP contribution in [0.5, 0.6) is 11.5 Å². The Morgan fingerprint density at radius 1 is 0.632 bits per heavy atom. The van der Waals surface area contributed by atoms with Crippen LogP contribution in [0.25, 0.3) is 0 Å². The van der Waals surface area contributed by atoms with Gasteiger partial charge in [-0.1, -0.05) is 24.3 Å². The Morgan fingerprint density at radius 3 is 1.34 bits per heavy atom. The summed E-state index contributed by atoms with van der Waals surface area (Å²) in [7, 11) is 0. The second-order valence-electron chi connectivity index (χ2n) is 7.87. The molecule has 198 valence electrons. The monoisotopic (exact) mass is 516 g/mol. The van der Waals surface area contributed by atoms with Crippen LogP contribution in [0.15, 0.2) is 83.0 Å². The number of nitrogens with one attached hydrogen (secondary N) is 4. The molecule has 0 unspecified atom stereocenters. The summed E-state index contributed by atoms with van der Waals surface area (Å²) in [6.45, 7) is 5.23.